The molecular weight excluding hydrogens is 272 g/mol. The van der Waals surface area contributed by atoms with Gasteiger partial charge in [0.1, 0.15) is 5.82 Å². The summed E-state index contributed by atoms with van der Waals surface area (Å²) >= 11 is 5.25. The van der Waals surface area contributed by atoms with Crippen LogP contribution in [0.25, 0.3) is 10.1 Å². The summed E-state index contributed by atoms with van der Waals surface area (Å²) in [7, 11) is 0. The highest BCUT2D eigenvalue weighted by Gasteiger charge is 2.09. The smallest absolute Gasteiger partial charge is 0.137 e. The summed E-state index contributed by atoms with van der Waals surface area (Å²) in [6, 6.07) is 4.23. The normalized spacial score (nSPS) is 10.8. The maximum absolute atomic E-state index is 4.48. The van der Waals surface area contributed by atoms with Crippen molar-refractivity contribution in [3.05, 3.63) is 23.7 Å². The Bertz CT molecular complexity index is 441. The third kappa shape index (κ3) is 2.16. The second-order valence-electron chi connectivity index (χ2n) is 3.24. The van der Waals surface area contributed by atoms with Crippen LogP contribution in [0.5, 0.6) is 0 Å². The molecule has 0 radical (unpaired) electrons. The SMILES string of the molecule is CCN(CCBr)c1nccc2sccc12. The minimum absolute atomic E-state index is 0.975. The number of hydrogen-bond acceptors (Lipinski definition) is 3. The zero-order valence-corrected chi connectivity index (χ0v) is 11.0. The average Bonchev–Trinajstić information content (AvgIpc) is 2.73. The number of pyridine rings is 1. The van der Waals surface area contributed by atoms with E-state index in [0.29, 0.717) is 0 Å². The van der Waals surface area contributed by atoms with Crippen LogP contribution in [-0.4, -0.2) is 23.4 Å². The van der Waals surface area contributed by atoms with Gasteiger partial charge in [-0.05, 0) is 24.4 Å². The molecule has 4 heteroatoms. The average molecular weight is 285 g/mol. The quantitative estimate of drug-likeness (QED) is 0.799. The van der Waals surface area contributed by atoms with Crippen molar-refractivity contribution in [2.75, 3.05) is 23.3 Å². The van der Waals surface area contributed by atoms with Gasteiger partial charge in [0.15, 0.2) is 0 Å². The van der Waals surface area contributed by atoms with Gasteiger partial charge in [-0.25, -0.2) is 4.98 Å². The molecule has 0 spiro atoms. The van der Waals surface area contributed by atoms with Crippen molar-refractivity contribution in [2.45, 2.75) is 6.92 Å². The molecule has 0 saturated heterocycles. The van der Waals surface area contributed by atoms with Gasteiger partial charge in [-0.2, -0.15) is 0 Å². The highest BCUT2D eigenvalue weighted by Crippen LogP contribution is 2.28. The van der Waals surface area contributed by atoms with E-state index in [1.54, 1.807) is 11.3 Å². The number of hydrogen-bond donors (Lipinski definition) is 0. The summed E-state index contributed by atoms with van der Waals surface area (Å²) in [5.41, 5.74) is 0. The number of alkyl halides is 1. The summed E-state index contributed by atoms with van der Waals surface area (Å²) in [5.74, 6) is 1.11. The van der Waals surface area contributed by atoms with Gasteiger partial charge in [0.05, 0.1) is 0 Å². The van der Waals surface area contributed by atoms with Gasteiger partial charge >= 0.3 is 0 Å². The molecular formula is C11H13BrN2S. The van der Waals surface area contributed by atoms with E-state index in [4.69, 9.17) is 0 Å². The van der Waals surface area contributed by atoms with Gasteiger partial charge in [-0.1, -0.05) is 15.9 Å². The first-order valence-corrected chi connectivity index (χ1v) is 7.00. The Balaban J connectivity index is 2.44. The van der Waals surface area contributed by atoms with Crippen LogP contribution in [0, 0.1) is 0 Å². The van der Waals surface area contributed by atoms with Gasteiger partial charge in [0.2, 0.25) is 0 Å². The molecule has 2 aromatic rings. The number of anilines is 1. The van der Waals surface area contributed by atoms with E-state index in [2.05, 4.69) is 50.3 Å². The van der Waals surface area contributed by atoms with Gasteiger partial charge in [-0.3, -0.25) is 0 Å². The van der Waals surface area contributed by atoms with Crippen LogP contribution < -0.4 is 4.90 Å². The summed E-state index contributed by atoms with van der Waals surface area (Å²) < 4.78 is 1.31. The fourth-order valence-corrected chi connectivity index (χ4v) is 2.85. The first-order valence-electron chi connectivity index (χ1n) is 5.00. The molecule has 0 aromatic carbocycles. The Hall–Kier alpha value is -0.610. The van der Waals surface area contributed by atoms with E-state index < -0.39 is 0 Å². The zero-order chi connectivity index (χ0) is 10.7. The Labute approximate surface area is 102 Å². The summed E-state index contributed by atoms with van der Waals surface area (Å²) in [6.07, 6.45) is 1.89. The number of halogens is 1. The first kappa shape index (κ1) is 10.9. The minimum atomic E-state index is 0.975. The van der Waals surface area contributed by atoms with Gasteiger partial charge in [0.25, 0.3) is 0 Å². The maximum Gasteiger partial charge on any atom is 0.137 e. The predicted octanol–water partition coefficient (Wildman–Crippen LogP) is 3.52. The largest absolute Gasteiger partial charge is 0.356 e. The summed E-state index contributed by atoms with van der Waals surface area (Å²) in [6.45, 7) is 4.15. The molecule has 0 aliphatic carbocycles. The second kappa shape index (κ2) is 4.94. The lowest BCUT2D eigenvalue weighted by Gasteiger charge is -2.21. The Morgan fingerprint density at radius 2 is 2.33 bits per heavy atom. The van der Waals surface area contributed by atoms with Crippen molar-refractivity contribution < 1.29 is 0 Å². The fourth-order valence-electron chi connectivity index (χ4n) is 1.65. The van der Waals surface area contributed by atoms with E-state index in [1.165, 1.54) is 10.1 Å². The van der Waals surface area contributed by atoms with Gasteiger partial charge in [0, 0.05) is 34.7 Å². The van der Waals surface area contributed by atoms with Crippen LogP contribution in [-0.2, 0) is 0 Å². The molecule has 0 fully saturated rings. The van der Waals surface area contributed by atoms with E-state index in [0.717, 1.165) is 24.2 Å². The molecule has 80 valence electrons. The molecule has 2 nitrogen and oxygen atoms in total. The Morgan fingerprint density at radius 3 is 3.07 bits per heavy atom. The minimum Gasteiger partial charge on any atom is -0.356 e. The lowest BCUT2D eigenvalue weighted by molar-refractivity contribution is 0.860. The molecule has 0 aliphatic rings. The second-order valence-corrected chi connectivity index (χ2v) is 4.98. The fraction of sp³-hybridized carbons (Fsp3) is 0.364. The number of rotatable bonds is 4. The molecule has 0 bridgehead atoms. The van der Waals surface area contributed by atoms with Crippen LogP contribution in [0.3, 0.4) is 0 Å². The van der Waals surface area contributed by atoms with Crippen LogP contribution in [0.1, 0.15) is 6.92 Å². The maximum atomic E-state index is 4.48. The molecule has 15 heavy (non-hydrogen) atoms. The van der Waals surface area contributed by atoms with Crippen LogP contribution in [0.4, 0.5) is 5.82 Å². The van der Waals surface area contributed by atoms with Crippen molar-refractivity contribution in [1.29, 1.82) is 0 Å². The Morgan fingerprint density at radius 1 is 1.47 bits per heavy atom. The highest BCUT2D eigenvalue weighted by atomic mass is 79.9. The molecule has 0 unspecified atom stereocenters. The predicted molar refractivity (Wildman–Crippen MR) is 71.3 cm³/mol. The lowest BCUT2D eigenvalue weighted by Crippen LogP contribution is -2.25. The number of fused-ring (bicyclic) bond motifs is 1. The van der Waals surface area contributed by atoms with Crippen molar-refractivity contribution in [1.82, 2.24) is 4.98 Å². The van der Waals surface area contributed by atoms with Crippen LogP contribution in [0.15, 0.2) is 23.7 Å². The molecule has 0 atom stereocenters. The molecule has 2 aromatic heterocycles. The summed E-state index contributed by atoms with van der Waals surface area (Å²) in [4.78, 5) is 6.78. The summed E-state index contributed by atoms with van der Waals surface area (Å²) in [5, 5.41) is 4.37. The monoisotopic (exact) mass is 284 g/mol. The molecule has 2 heterocycles. The van der Waals surface area contributed by atoms with Gasteiger partial charge < -0.3 is 4.90 Å². The van der Waals surface area contributed by atoms with E-state index >= 15 is 0 Å². The molecule has 2 rings (SSSR count). The van der Waals surface area contributed by atoms with Crippen LogP contribution in [0.2, 0.25) is 0 Å². The number of nitrogens with zero attached hydrogens (tertiary/aromatic N) is 2. The lowest BCUT2D eigenvalue weighted by atomic mass is 10.3. The number of thiophene rings is 1. The topological polar surface area (TPSA) is 16.1 Å². The molecule has 0 amide bonds. The third-order valence-electron chi connectivity index (χ3n) is 2.39. The zero-order valence-electron chi connectivity index (χ0n) is 8.61. The molecule has 0 aliphatic heterocycles. The van der Waals surface area contributed by atoms with Crippen LogP contribution >= 0.6 is 27.3 Å². The first-order chi connectivity index (χ1) is 7.36. The highest BCUT2D eigenvalue weighted by molar-refractivity contribution is 9.09. The van der Waals surface area contributed by atoms with Crippen molar-refractivity contribution >= 4 is 43.2 Å². The van der Waals surface area contributed by atoms with Crippen molar-refractivity contribution in [3.8, 4) is 0 Å². The van der Waals surface area contributed by atoms with E-state index in [9.17, 15) is 0 Å². The van der Waals surface area contributed by atoms with Gasteiger partial charge in [-0.15, -0.1) is 11.3 Å². The van der Waals surface area contributed by atoms with E-state index in [-0.39, 0.29) is 0 Å². The van der Waals surface area contributed by atoms with Crippen molar-refractivity contribution in [2.24, 2.45) is 0 Å². The molecule has 0 N–H and O–H groups in total. The standard InChI is InChI=1S/C11H13BrN2S/c1-2-14(7-5-12)11-9-4-8-15-10(9)3-6-13-11/h3-4,6,8H,2,5,7H2,1H3. The number of aromatic nitrogens is 1. The van der Waals surface area contributed by atoms with E-state index in [1.807, 2.05) is 6.20 Å². The third-order valence-corrected chi connectivity index (χ3v) is 3.63. The molecule has 0 saturated carbocycles. The van der Waals surface area contributed by atoms with Crippen molar-refractivity contribution in [3.63, 3.8) is 0 Å². The Kier molecular flexibility index (Phi) is 3.59.